The summed E-state index contributed by atoms with van der Waals surface area (Å²) in [5.74, 6) is 0.698. The van der Waals surface area contributed by atoms with Crippen molar-refractivity contribution in [3.05, 3.63) is 59.1 Å². The molecule has 1 aromatic heterocycles. The lowest BCUT2D eigenvalue weighted by molar-refractivity contribution is 0.398. The third kappa shape index (κ3) is 2.16. The number of phenolic OH excluding ortho intramolecular Hbond substituents is 1. The van der Waals surface area contributed by atoms with Crippen LogP contribution >= 0.6 is 15.9 Å². The average Bonchev–Trinajstić information content (AvgIpc) is 2.94. The number of para-hydroxylation sites is 1. The first kappa shape index (κ1) is 14.1. The van der Waals surface area contributed by atoms with Crippen LogP contribution in [0, 0.1) is 0 Å². The van der Waals surface area contributed by atoms with E-state index < -0.39 is 0 Å². The number of aromatic hydroxyl groups is 1. The summed E-state index contributed by atoms with van der Waals surface area (Å²) >= 11 is 3.45. The molecule has 0 aliphatic heterocycles. The van der Waals surface area contributed by atoms with Crippen LogP contribution in [-0.4, -0.2) is 22.0 Å². The lowest BCUT2D eigenvalue weighted by atomic mass is 10.1. The zero-order chi connectivity index (χ0) is 16.0. The van der Waals surface area contributed by atoms with Gasteiger partial charge in [-0.05, 0) is 30.3 Å². The first-order valence-corrected chi connectivity index (χ1v) is 7.91. The first-order chi connectivity index (χ1) is 11.2. The fraction of sp³-hybridized carbons (Fsp3) is 0.0556. The molecule has 1 heterocycles. The molecule has 0 amide bonds. The molecule has 4 rings (SSSR count). The van der Waals surface area contributed by atoms with E-state index in [-0.39, 0.29) is 5.75 Å². The molecule has 0 atom stereocenters. The highest BCUT2D eigenvalue weighted by atomic mass is 79.9. The molecule has 5 heteroatoms. The number of ether oxygens (including phenoxy) is 1. The maximum atomic E-state index is 10.4. The SMILES string of the molecule is COc1nn(-c2ccccc2)c2c1cc(O)c1cc(Br)ccc12. The van der Waals surface area contributed by atoms with Crippen LogP contribution in [0.2, 0.25) is 0 Å². The normalized spacial score (nSPS) is 11.2. The molecule has 0 radical (unpaired) electrons. The highest BCUT2D eigenvalue weighted by Crippen LogP contribution is 2.39. The molecule has 0 fully saturated rings. The smallest absolute Gasteiger partial charge is 0.241 e. The summed E-state index contributed by atoms with van der Waals surface area (Å²) in [6, 6.07) is 17.4. The van der Waals surface area contributed by atoms with E-state index in [0.717, 1.165) is 31.8 Å². The zero-order valence-electron chi connectivity index (χ0n) is 12.3. The maximum absolute atomic E-state index is 10.4. The molecule has 4 aromatic rings. The molecule has 23 heavy (non-hydrogen) atoms. The van der Waals surface area contributed by atoms with Crippen molar-refractivity contribution in [2.45, 2.75) is 0 Å². The molecule has 4 nitrogen and oxygen atoms in total. The number of hydrogen-bond donors (Lipinski definition) is 1. The van der Waals surface area contributed by atoms with Gasteiger partial charge in [-0.1, -0.05) is 40.2 Å². The minimum absolute atomic E-state index is 0.208. The third-order valence-corrected chi connectivity index (χ3v) is 4.37. The van der Waals surface area contributed by atoms with E-state index in [1.807, 2.05) is 53.2 Å². The van der Waals surface area contributed by atoms with Crippen LogP contribution in [0.5, 0.6) is 11.6 Å². The van der Waals surface area contributed by atoms with Gasteiger partial charge in [0.1, 0.15) is 5.75 Å². The van der Waals surface area contributed by atoms with E-state index in [1.165, 1.54) is 0 Å². The van der Waals surface area contributed by atoms with E-state index in [4.69, 9.17) is 4.74 Å². The predicted molar refractivity (Wildman–Crippen MR) is 94.5 cm³/mol. The minimum Gasteiger partial charge on any atom is -0.507 e. The Morgan fingerprint density at radius 1 is 1.00 bits per heavy atom. The summed E-state index contributed by atoms with van der Waals surface area (Å²) in [5, 5.41) is 17.4. The second kappa shape index (κ2) is 5.28. The Labute approximate surface area is 141 Å². The van der Waals surface area contributed by atoms with Crippen LogP contribution in [0.3, 0.4) is 0 Å². The van der Waals surface area contributed by atoms with Crippen molar-refractivity contribution in [3.63, 3.8) is 0 Å². The highest BCUT2D eigenvalue weighted by molar-refractivity contribution is 9.10. The van der Waals surface area contributed by atoms with Crippen molar-refractivity contribution in [3.8, 4) is 17.3 Å². The Hall–Kier alpha value is -2.53. The minimum atomic E-state index is 0.208. The highest BCUT2D eigenvalue weighted by Gasteiger charge is 2.17. The Morgan fingerprint density at radius 2 is 1.78 bits per heavy atom. The van der Waals surface area contributed by atoms with Gasteiger partial charge >= 0.3 is 0 Å². The summed E-state index contributed by atoms with van der Waals surface area (Å²) in [5.41, 5.74) is 1.85. The lowest BCUT2D eigenvalue weighted by Crippen LogP contribution is -1.96. The number of fused-ring (bicyclic) bond motifs is 3. The van der Waals surface area contributed by atoms with Crippen LogP contribution in [-0.2, 0) is 0 Å². The van der Waals surface area contributed by atoms with Crippen LogP contribution < -0.4 is 4.74 Å². The fourth-order valence-electron chi connectivity index (χ4n) is 2.86. The molecule has 0 aliphatic rings. The van der Waals surface area contributed by atoms with E-state index in [1.54, 1.807) is 13.2 Å². The van der Waals surface area contributed by atoms with Crippen molar-refractivity contribution in [1.29, 1.82) is 0 Å². The predicted octanol–water partition coefficient (Wildman–Crippen LogP) is 4.66. The van der Waals surface area contributed by atoms with Gasteiger partial charge in [0.25, 0.3) is 0 Å². The summed E-state index contributed by atoms with van der Waals surface area (Å²) in [7, 11) is 1.58. The molecule has 3 aromatic carbocycles. The number of nitrogens with zero attached hydrogens (tertiary/aromatic N) is 2. The number of phenols is 1. The summed E-state index contributed by atoms with van der Waals surface area (Å²) < 4.78 is 8.17. The van der Waals surface area contributed by atoms with Gasteiger partial charge in [-0.15, -0.1) is 5.10 Å². The molecule has 114 valence electrons. The molecule has 0 aliphatic carbocycles. The Kier molecular flexibility index (Phi) is 3.23. The Balaban J connectivity index is 2.20. The summed E-state index contributed by atoms with van der Waals surface area (Å²) in [4.78, 5) is 0. The molecule has 0 saturated heterocycles. The number of methoxy groups -OCH3 is 1. The van der Waals surface area contributed by atoms with Gasteiger partial charge in [-0.2, -0.15) is 0 Å². The molecule has 1 N–H and O–H groups in total. The van der Waals surface area contributed by atoms with E-state index >= 15 is 0 Å². The Morgan fingerprint density at radius 3 is 2.52 bits per heavy atom. The molecule has 0 bridgehead atoms. The van der Waals surface area contributed by atoms with Crippen molar-refractivity contribution < 1.29 is 9.84 Å². The van der Waals surface area contributed by atoms with Gasteiger partial charge in [0.15, 0.2) is 0 Å². The van der Waals surface area contributed by atoms with E-state index in [0.29, 0.717) is 5.88 Å². The quantitative estimate of drug-likeness (QED) is 0.559. The topological polar surface area (TPSA) is 47.3 Å². The number of halogens is 1. The lowest BCUT2D eigenvalue weighted by Gasteiger charge is -2.07. The summed E-state index contributed by atoms with van der Waals surface area (Å²) in [6.45, 7) is 0. The average molecular weight is 369 g/mol. The molecule has 0 unspecified atom stereocenters. The summed E-state index contributed by atoms with van der Waals surface area (Å²) in [6.07, 6.45) is 0. The monoisotopic (exact) mass is 368 g/mol. The van der Waals surface area contributed by atoms with Gasteiger partial charge < -0.3 is 9.84 Å². The van der Waals surface area contributed by atoms with Crippen molar-refractivity contribution in [2.24, 2.45) is 0 Å². The van der Waals surface area contributed by atoms with Crippen molar-refractivity contribution in [1.82, 2.24) is 9.78 Å². The molecular weight excluding hydrogens is 356 g/mol. The Bertz CT molecular complexity index is 1030. The van der Waals surface area contributed by atoms with Gasteiger partial charge in [0.2, 0.25) is 5.88 Å². The number of rotatable bonds is 2. The van der Waals surface area contributed by atoms with Crippen LogP contribution in [0.15, 0.2) is 59.1 Å². The van der Waals surface area contributed by atoms with Gasteiger partial charge in [0.05, 0.1) is 23.7 Å². The molecule has 0 spiro atoms. The standard InChI is InChI=1S/C18H13BrN2O2/c1-23-18-15-10-16(22)14-9-11(19)7-8-13(14)17(15)21(20-18)12-5-3-2-4-6-12/h2-10,22H,1H3. The molecule has 0 saturated carbocycles. The number of benzene rings is 3. The van der Waals surface area contributed by atoms with E-state index in [2.05, 4.69) is 21.0 Å². The van der Waals surface area contributed by atoms with Gasteiger partial charge in [-0.25, -0.2) is 4.68 Å². The van der Waals surface area contributed by atoms with Gasteiger partial charge in [-0.3, -0.25) is 0 Å². The first-order valence-electron chi connectivity index (χ1n) is 7.12. The van der Waals surface area contributed by atoms with E-state index in [9.17, 15) is 5.11 Å². The van der Waals surface area contributed by atoms with Crippen LogP contribution in [0.1, 0.15) is 0 Å². The fourth-order valence-corrected chi connectivity index (χ4v) is 3.22. The molecular formula is C18H13BrN2O2. The number of aromatic nitrogens is 2. The van der Waals surface area contributed by atoms with Crippen LogP contribution in [0.25, 0.3) is 27.4 Å². The van der Waals surface area contributed by atoms with Crippen molar-refractivity contribution >= 4 is 37.6 Å². The maximum Gasteiger partial charge on any atom is 0.241 e. The second-order valence-corrected chi connectivity index (χ2v) is 6.15. The largest absolute Gasteiger partial charge is 0.507 e. The van der Waals surface area contributed by atoms with Crippen LogP contribution in [0.4, 0.5) is 0 Å². The zero-order valence-corrected chi connectivity index (χ0v) is 13.9. The van der Waals surface area contributed by atoms with Crippen molar-refractivity contribution in [2.75, 3.05) is 7.11 Å². The number of hydrogen-bond acceptors (Lipinski definition) is 3. The second-order valence-electron chi connectivity index (χ2n) is 5.24. The third-order valence-electron chi connectivity index (χ3n) is 3.88. The van der Waals surface area contributed by atoms with Gasteiger partial charge in [0, 0.05) is 15.2 Å².